The molecule has 0 radical (unpaired) electrons. The Morgan fingerprint density at radius 3 is 2.88 bits per heavy atom. The number of ether oxygens (including phenoxy) is 1. The lowest BCUT2D eigenvalue weighted by molar-refractivity contribution is -0.141. The molecule has 1 spiro atoms. The Labute approximate surface area is 148 Å². The predicted molar refractivity (Wildman–Crippen MR) is 93.0 cm³/mol. The number of hydrogen-bond acceptors (Lipinski definition) is 5. The molecule has 6 nitrogen and oxygen atoms in total. The molecule has 3 fully saturated rings. The molecule has 4 rings (SSSR count). The molecule has 1 aromatic heterocycles. The lowest BCUT2D eigenvalue weighted by Gasteiger charge is -2.45. The van der Waals surface area contributed by atoms with Gasteiger partial charge in [0.05, 0.1) is 12.2 Å². The summed E-state index contributed by atoms with van der Waals surface area (Å²) in [5.74, 6) is 1.07. The van der Waals surface area contributed by atoms with E-state index in [1.165, 1.54) is 0 Å². The van der Waals surface area contributed by atoms with E-state index in [2.05, 4.69) is 20.9 Å². The number of carbonyl (C=O) groups excluding carboxylic acids is 1. The van der Waals surface area contributed by atoms with Gasteiger partial charge in [-0.15, -0.1) is 0 Å². The van der Waals surface area contributed by atoms with Gasteiger partial charge in [-0.2, -0.15) is 5.26 Å². The van der Waals surface area contributed by atoms with Crippen LogP contribution in [-0.2, 0) is 9.53 Å². The zero-order valence-electron chi connectivity index (χ0n) is 14.5. The van der Waals surface area contributed by atoms with Gasteiger partial charge in [-0.3, -0.25) is 4.79 Å². The highest BCUT2D eigenvalue weighted by Gasteiger charge is 2.44. The average molecular weight is 340 g/mol. The molecule has 6 heteroatoms. The van der Waals surface area contributed by atoms with Crippen LogP contribution in [0.1, 0.15) is 37.7 Å². The fraction of sp³-hybridized carbons (Fsp3) is 0.632. The number of aromatic nitrogens is 1. The Balaban J connectivity index is 1.43. The van der Waals surface area contributed by atoms with Gasteiger partial charge < -0.3 is 14.5 Å². The van der Waals surface area contributed by atoms with Gasteiger partial charge in [0.25, 0.3) is 0 Å². The van der Waals surface area contributed by atoms with Gasteiger partial charge in [-0.25, -0.2) is 4.98 Å². The number of piperidine rings is 2. The molecule has 0 saturated carbocycles. The SMILES string of the molecule is N#Cc1cccnc1N1CCC(N2CC3(CCOC3)CCC2=O)CC1. The summed E-state index contributed by atoms with van der Waals surface area (Å²) in [7, 11) is 0. The number of hydrogen-bond donors (Lipinski definition) is 0. The van der Waals surface area contributed by atoms with Crippen molar-refractivity contribution in [1.82, 2.24) is 9.88 Å². The van der Waals surface area contributed by atoms with E-state index in [-0.39, 0.29) is 5.41 Å². The van der Waals surface area contributed by atoms with Crippen molar-refractivity contribution in [1.29, 1.82) is 5.26 Å². The summed E-state index contributed by atoms with van der Waals surface area (Å²) in [6.07, 6.45) is 6.31. The van der Waals surface area contributed by atoms with Crippen molar-refractivity contribution in [3.63, 3.8) is 0 Å². The molecule has 25 heavy (non-hydrogen) atoms. The highest BCUT2D eigenvalue weighted by atomic mass is 16.5. The summed E-state index contributed by atoms with van der Waals surface area (Å²) in [5.41, 5.74) is 0.817. The van der Waals surface area contributed by atoms with E-state index in [1.54, 1.807) is 12.3 Å². The summed E-state index contributed by atoms with van der Waals surface area (Å²) in [5, 5.41) is 9.28. The fourth-order valence-electron chi connectivity index (χ4n) is 4.47. The summed E-state index contributed by atoms with van der Waals surface area (Å²) >= 11 is 0. The molecule has 1 unspecified atom stereocenters. The Hall–Kier alpha value is -2.13. The summed E-state index contributed by atoms with van der Waals surface area (Å²) in [4.78, 5) is 21.2. The van der Waals surface area contributed by atoms with E-state index in [1.807, 2.05) is 6.07 Å². The molecule has 3 aliphatic rings. The minimum Gasteiger partial charge on any atom is -0.381 e. The normalized spacial score (nSPS) is 27.7. The first-order valence-electron chi connectivity index (χ1n) is 9.18. The molecule has 132 valence electrons. The molecule has 0 aliphatic carbocycles. The van der Waals surface area contributed by atoms with Crippen molar-refractivity contribution >= 4 is 11.7 Å². The van der Waals surface area contributed by atoms with Gasteiger partial charge in [0.1, 0.15) is 11.9 Å². The third kappa shape index (κ3) is 3.09. The van der Waals surface area contributed by atoms with Gasteiger partial charge in [-0.1, -0.05) is 0 Å². The highest BCUT2D eigenvalue weighted by molar-refractivity contribution is 5.77. The number of nitrogens with zero attached hydrogens (tertiary/aromatic N) is 4. The van der Waals surface area contributed by atoms with Gasteiger partial charge in [-0.05, 0) is 37.8 Å². The van der Waals surface area contributed by atoms with Gasteiger partial charge in [0, 0.05) is 50.3 Å². The van der Waals surface area contributed by atoms with Gasteiger partial charge in [0.15, 0.2) is 0 Å². The topological polar surface area (TPSA) is 69.5 Å². The van der Waals surface area contributed by atoms with E-state index in [0.717, 1.165) is 64.3 Å². The van der Waals surface area contributed by atoms with Crippen LogP contribution in [0.4, 0.5) is 5.82 Å². The van der Waals surface area contributed by atoms with E-state index < -0.39 is 0 Å². The van der Waals surface area contributed by atoms with Crippen molar-refractivity contribution in [2.75, 3.05) is 37.7 Å². The maximum absolute atomic E-state index is 12.5. The van der Waals surface area contributed by atoms with Crippen LogP contribution in [0.3, 0.4) is 0 Å². The van der Waals surface area contributed by atoms with E-state index >= 15 is 0 Å². The average Bonchev–Trinajstić information content (AvgIpc) is 3.12. The van der Waals surface area contributed by atoms with Gasteiger partial charge in [0.2, 0.25) is 5.91 Å². The summed E-state index contributed by atoms with van der Waals surface area (Å²) < 4.78 is 5.62. The maximum Gasteiger partial charge on any atom is 0.222 e. The first-order chi connectivity index (χ1) is 12.2. The fourth-order valence-corrected chi connectivity index (χ4v) is 4.47. The highest BCUT2D eigenvalue weighted by Crippen LogP contribution is 2.39. The first-order valence-corrected chi connectivity index (χ1v) is 9.18. The number of anilines is 1. The summed E-state index contributed by atoms with van der Waals surface area (Å²) in [6.45, 7) is 4.16. The summed E-state index contributed by atoms with van der Waals surface area (Å²) in [6, 6.07) is 6.13. The quantitative estimate of drug-likeness (QED) is 0.823. The minimum absolute atomic E-state index is 0.194. The maximum atomic E-state index is 12.5. The minimum atomic E-state index is 0.194. The molecule has 3 aliphatic heterocycles. The van der Waals surface area contributed by atoms with E-state index in [0.29, 0.717) is 23.9 Å². The van der Waals surface area contributed by atoms with Crippen LogP contribution in [-0.4, -0.2) is 54.7 Å². The smallest absolute Gasteiger partial charge is 0.222 e. The molecular formula is C19H24N4O2. The van der Waals surface area contributed by atoms with Crippen LogP contribution < -0.4 is 4.90 Å². The Morgan fingerprint density at radius 2 is 2.16 bits per heavy atom. The molecule has 4 heterocycles. The second kappa shape index (κ2) is 6.64. The third-order valence-electron chi connectivity index (χ3n) is 5.99. The number of rotatable bonds is 2. The zero-order valence-corrected chi connectivity index (χ0v) is 14.5. The van der Waals surface area contributed by atoms with Crippen molar-refractivity contribution in [2.45, 2.75) is 38.1 Å². The van der Waals surface area contributed by atoms with E-state index in [9.17, 15) is 10.1 Å². The molecule has 1 amide bonds. The van der Waals surface area contributed by atoms with Crippen molar-refractivity contribution < 1.29 is 9.53 Å². The number of pyridine rings is 1. The second-order valence-electron chi connectivity index (χ2n) is 7.53. The predicted octanol–water partition coefficient (Wildman–Crippen LogP) is 1.95. The van der Waals surface area contributed by atoms with Crippen LogP contribution in [0.2, 0.25) is 0 Å². The molecule has 0 aromatic carbocycles. The largest absolute Gasteiger partial charge is 0.381 e. The molecule has 3 saturated heterocycles. The van der Waals surface area contributed by atoms with Crippen LogP contribution in [0.25, 0.3) is 0 Å². The lowest BCUT2D eigenvalue weighted by atomic mass is 9.78. The standard InChI is InChI=1S/C19H24N4O2/c20-12-15-2-1-8-21-18(15)22-9-4-16(5-10-22)23-13-19(6-3-17(23)24)7-11-25-14-19/h1-2,8,16H,3-7,9-11,13-14H2. The second-order valence-corrected chi connectivity index (χ2v) is 7.53. The van der Waals surface area contributed by atoms with Crippen molar-refractivity contribution in [3.05, 3.63) is 23.9 Å². The van der Waals surface area contributed by atoms with Crippen molar-refractivity contribution in [3.8, 4) is 6.07 Å². The molecule has 1 aromatic rings. The Bertz CT molecular complexity index is 685. The number of nitriles is 1. The number of carbonyl (C=O) groups is 1. The Kier molecular flexibility index (Phi) is 4.34. The van der Waals surface area contributed by atoms with Crippen LogP contribution in [0, 0.1) is 16.7 Å². The number of likely N-dealkylation sites (tertiary alicyclic amines) is 1. The van der Waals surface area contributed by atoms with E-state index in [4.69, 9.17) is 4.74 Å². The lowest BCUT2D eigenvalue weighted by Crippen LogP contribution is -2.54. The van der Waals surface area contributed by atoms with Crippen LogP contribution in [0.5, 0.6) is 0 Å². The van der Waals surface area contributed by atoms with Gasteiger partial charge >= 0.3 is 0 Å². The molecule has 0 N–H and O–H groups in total. The van der Waals surface area contributed by atoms with Crippen LogP contribution in [0.15, 0.2) is 18.3 Å². The molecule has 1 atom stereocenters. The first kappa shape index (κ1) is 16.3. The van der Waals surface area contributed by atoms with Crippen LogP contribution >= 0.6 is 0 Å². The monoisotopic (exact) mass is 340 g/mol. The zero-order chi connectivity index (χ0) is 17.3. The number of amides is 1. The Morgan fingerprint density at radius 1 is 1.32 bits per heavy atom. The molecule has 0 bridgehead atoms. The van der Waals surface area contributed by atoms with Crippen molar-refractivity contribution in [2.24, 2.45) is 5.41 Å². The third-order valence-corrected chi connectivity index (χ3v) is 5.99. The molecular weight excluding hydrogens is 316 g/mol.